The average molecular weight is 122 g/mol. The summed E-state index contributed by atoms with van der Waals surface area (Å²) in [6, 6.07) is 5.75. The van der Waals surface area contributed by atoms with E-state index in [2.05, 4.69) is 0 Å². The highest BCUT2D eigenvalue weighted by Crippen LogP contribution is 1.80. The summed E-state index contributed by atoms with van der Waals surface area (Å²) < 4.78 is 2.00. The Morgan fingerprint density at radius 2 is 1.67 bits per heavy atom. The molecule has 0 saturated heterocycles. The maximum absolute atomic E-state index is 7.32. The lowest BCUT2D eigenvalue weighted by molar-refractivity contribution is 0.928. The molecule has 0 radical (unpaired) electrons. The highest BCUT2D eigenvalue weighted by atomic mass is 14.9. The molecule has 0 spiro atoms. The monoisotopic (exact) mass is 122 g/mol. The molecule has 0 bridgehead atoms. The van der Waals surface area contributed by atoms with Gasteiger partial charge in [0.25, 0.3) is 0 Å². The maximum Gasteiger partial charge on any atom is 0.0587 e. The van der Waals surface area contributed by atoms with E-state index >= 15 is 0 Å². The molecule has 0 fully saturated rings. The molecule has 48 valence electrons. The number of aromatic nitrogens is 1. The van der Waals surface area contributed by atoms with Gasteiger partial charge in [-0.3, -0.25) is 0 Å². The Morgan fingerprint density at radius 1 is 1.33 bits per heavy atom. The highest BCUT2D eigenvalue weighted by Gasteiger charge is 1.68. The van der Waals surface area contributed by atoms with Gasteiger partial charge in [-0.2, -0.15) is 5.26 Å². The zero-order valence-electron chi connectivity index (χ0n) is 5.70. The minimum Gasteiger partial charge on any atom is -0.357 e. The molecule has 0 aliphatic carbocycles. The van der Waals surface area contributed by atoms with Crippen molar-refractivity contribution in [2.45, 2.75) is 6.92 Å². The van der Waals surface area contributed by atoms with Crippen molar-refractivity contribution in [3.8, 4) is 6.07 Å². The van der Waals surface area contributed by atoms with Gasteiger partial charge in [0.1, 0.15) is 0 Å². The second-order valence-electron chi connectivity index (χ2n) is 1.57. The lowest BCUT2D eigenvalue weighted by Gasteiger charge is -1.79. The van der Waals surface area contributed by atoms with Crippen LogP contribution in [0.1, 0.15) is 6.92 Å². The van der Waals surface area contributed by atoms with Crippen molar-refractivity contribution < 1.29 is 0 Å². The molecule has 0 N–H and O–H groups in total. The van der Waals surface area contributed by atoms with Gasteiger partial charge in [-0.05, 0) is 12.1 Å². The van der Waals surface area contributed by atoms with Crippen LogP contribution in [0.15, 0.2) is 24.5 Å². The summed E-state index contributed by atoms with van der Waals surface area (Å²) in [6.45, 7) is 1.43. The zero-order chi connectivity index (χ0) is 7.11. The van der Waals surface area contributed by atoms with Gasteiger partial charge < -0.3 is 4.57 Å². The van der Waals surface area contributed by atoms with Gasteiger partial charge in [0, 0.05) is 26.4 Å². The van der Waals surface area contributed by atoms with Crippen molar-refractivity contribution in [3.05, 3.63) is 24.5 Å². The van der Waals surface area contributed by atoms with Crippen LogP contribution in [-0.2, 0) is 7.05 Å². The molecule has 0 unspecified atom stereocenters. The Balaban J connectivity index is 0.000000187. The van der Waals surface area contributed by atoms with E-state index in [0.29, 0.717) is 0 Å². The first-order valence-corrected chi connectivity index (χ1v) is 2.69. The average Bonchev–Trinajstić information content (AvgIpc) is 2.20. The first kappa shape index (κ1) is 7.77. The first-order chi connectivity index (χ1) is 4.31. The molecular weight excluding hydrogens is 112 g/mol. The second-order valence-corrected chi connectivity index (χ2v) is 1.57. The number of hydrogen-bond donors (Lipinski definition) is 0. The van der Waals surface area contributed by atoms with Gasteiger partial charge in [-0.25, -0.2) is 0 Å². The molecule has 1 heterocycles. The predicted octanol–water partition coefficient (Wildman–Crippen LogP) is 1.55. The fourth-order valence-electron chi connectivity index (χ4n) is 0.421. The predicted molar refractivity (Wildman–Crippen MR) is 36.7 cm³/mol. The fraction of sp³-hybridized carbons (Fsp3) is 0.286. The molecule has 0 amide bonds. The van der Waals surface area contributed by atoms with Crippen LogP contribution < -0.4 is 0 Å². The summed E-state index contributed by atoms with van der Waals surface area (Å²) in [6.07, 6.45) is 4.00. The van der Waals surface area contributed by atoms with Gasteiger partial charge in [0.2, 0.25) is 0 Å². The number of aryl methyl sites for hydroxylation is 1. The number of nitriles is 1. The van der Waals surface area contributed by atoms with E-state index in [9.17, 15) is 0 Å². The summed E-state index contributed by atoms with van der Waals surface area (Å²) in [4.78, 5) is 0. The summed E-state index contributed by atoms with van der Waals surface area (Å²) in [5.74, 6) is 0. The molecule has 9 heavy (non-hydrogen) atoms. The summed E-state index contributed by atoms with van der Waals surface area (Å²) in [7, 11) is 2.00. The van der Waals surface area contributed by atoms with Crippen LogP contribution in [0.3, 0.4) is 0 Å². The number of rotatable bonds is 0. The topological polar surface area (TPSA) is 28.7 Å². The van der Waals surface area contributed by atoms with Gasteiger partial charge in [-0.1, -0.05) is 0 Å². The lowest BCUT2D eigenvalue weighted by atomic mass is 10.7. The van der Waals surface area contributed by atoms with E-state index in [0.717, 1.165) is 0 Å². The van der Waals surface area contributed by atoms with Crippen LogP contribution in [-0.4, -0.2) is 4.57 Å². The van der Waals surface area contributed by atoms with Gasteiger partial charge in [-0.15, -0.1) is 0 Å². The molecule has 0 atom stereocenters. The second kappa shape index (κ2) is 4.92. The number of hydrogen-bond acceptors (Lipinski definition) is 1. The van der Waals surface area contributed by atoms with Crippen LogP contribution in [0.4, 0.5) is 0 Å². The van der Waals surface area contributed by atoms with Crippen molar-refractivity contribution in [1.82, 2.24) is 4.57 Å². The van der Waals surface area contributed by atoms with Crippen LogP contribution in [0, 0.1) is 11.3 Å². The maximum atomic E-state index is 7.32. The summed E-state index contributed by atoms with van der Waals surface area (Å²) in [5.41, 5.74) is 0. The normalized spacial score (nSPS) is 6.78. The van der Waals surface area contributed by atoms with Crippen molar-refractivity contribution in [1.29, 1.82) is 5.26 Å². The van der Waals surface area contributed by atoms with Gasteiger partial charge in [0.15, 0.2) is 0 Å². The van der Waals surface area contributed by atoms with Crippen LogP contribution in [0.25, 0.3) is 0 Å². The SMILES string of the molecule is CC#N.Cn1cccc1. The van der Waals surface area contributed by atoms with Crippen molar-refractivity contribution in [2.24, 2.45) is 7.05 Å². The molecule has 1 rings (SSSR count). The van der Waals surface area contributed by atoms with E-state index in [-0.39, 0.29) is 0 Å². The Hall–Kier alpha value is -1.23. The third kappa shape index (κ3) is 4.63. The Kier molecular flexibility index (Phi) is 4.25. The van der Waals surface area contributed by atoms with Gasteiger partial charge >= 0.3 is 0 Å². The standard InChI is InChI=1S/C5H7N.C2H3N/c1-6-4-2-3-5-6;1-2-3/h2-5H,1H3;1H3. The van der Waals surface area contributed by atoms with Crippen LogP contribution in [0.2, 0.25) is 0 Å². The molecule has 1 aromatic rings. The van der Waals surface area contributed by atoms with Crippen molar-refractivity contribution >= 4 is 0 Å². The van der Waals surface area contributed by atoms with Crippen molar-refractivity contribution in [2.75, 3.05) is 0 Å². The van der Waals surface area contributed by atoms with E-state index in [1.54, 1.807) is 6.07 Å². The summed E-state index contributed by atoms with van der Waals surface area (Å²) >= 11 is 0. The number of nitrogens with zero attached hydrogens (tertiary/aromatic N) is 2. The highest BCUT2D eigenvalue weighted by molar-refractivity contribution is 4.88. The third-order valence-corrected chi connectivity index (χ3v) is 0.754. The first-order valence-electron chi connectivity index (χ1n) is 2.69. The molecule has 0 aromatic carbocycles. The molecule has 0 aliphatic heterocycles. The fourth-order valence-corrected chi connectivity index (χ4v) is 0.421. The van der Waals surface area contributed by atoms with Crippen LogP contribution in [0.5, 0.6) is 0 Å². The Bertz CT molecular complexity index is 169. The molecule has 0 aliphatic rings. The van der Waals surface area contributed by atoms with Crippen molar-refractivity contribution in [3.63, 3.8) is 0 Å². The lowest BCUT2D eigenvalue weighted by Crippen LogP contribution is -1.75. The third-order valence-electron chi connectivity index (χ3n) is 0.754. The van der Waals surface area contributed by atoms with E-state index in [1.165, 1.54) is 6.92 Å². The zero-order valence-corrected chi connectivity index (χ0v) is 5.70. The summed E-state index contributed by atoms with van der Waals surface area (Å²) in [5, 5.41) is 7.32. The van der Waals surface area contributed by atoms with E-state index in [4.69, 9.17) is 5.26 Å². The minimum atomic E-state index is 1.43. The van der Waals surface area contributed by atoms with Gasteiger partial charge in [0.05, 0.1) is 6.07 Å². The molecule has 2 heteroatoms. The van der Waals surface area contributed by atoms with Crippen LogP contribution >= 0.6 is 0 Å². The van der Waals surface area contributed by atoms with E-state index in [1.807, 2.05) is 36.1 Å². The quantitative estimate of drug-likeness (QED) is 0.513. The Labute approximate surface area is 55.3 Å². The minimum absolute atomic E-state index is 1.43. The smallest absolute Gasteiger partial charge is 0.0587 e. The van der Waals surface area contributed by atoms with E-state index < -0.39 is 0 Å². The molecule has 0 saturated carbocycles. The largest absolute Gasteiger partial charge is 0.357 e. The molecular formula is C7H10N2. The Morgan fingerprint density at radius 3 is 1.78 bits per heavy atom. The molecule has 2 nitrogen and oxygen atoms in total. The molecule has 1 aromatic heterocycles.